The average Bonchev–Trinajstić information content (AvgIpc) is 2.73. The van der Waals surface area contributed by atoms with Crippen LogP contribution in [0.1, 0.15) is 32.1 Å². The molecule has 1 N–H and O–H groups in total. The van der Waals surface area contributed by atoms with Crippen molar-refractivity contribution in [1.29, 1.82) is 0 Å². The number of rotatable bonds is 9. The third-order valence-electron chi connectivity index (χ3n) is 5.15. The van der Waals surface area contributed by atoms with Gasteiger partial charge in [-0.05, 0) is 55.9 Å². The minimum Gasteiger partial charge on any atom is -0.486 e. The van der Waals surface area contributed by atoms with E-state index in [0.29, 0.717) is 17.2 Å². The summed E-state index contributed by atoms with van der Waals surface area (Å²) in [6.45, 7) is -0.292. The second-order valence-electron chi connectivity index (χ2n) is 7.66. The summed E-state index contributed by atoms with van der Waals surface area (Å²) in [7, 11) is 0. The van der Waals surface area contributed by atoms with Crippen molar-refractivity contribution in [3.05, 3.63) is 59.1 Å². The number of hydrogen-bond donors (Lipinski definition) is 1. The summed E-state index contributed by atoms with van der Waals surface area (Å²) in [5.74, 6) is -1.02. The van der Waals surface area contributed by atoms with E-state index >= 15 is 0 Å². The number of nitrogens with one attached hydrogen (secondary N) is 1. The predicted octanol–water partition coefficient (Wildman–Crippen LogP) is 4.71. The van der Waals surface area contributed by atoms with Crippen LogP contribution in [0.2, 0.25) is 5.02 Å². The molecule has 0 saturated heterocycles. The highest BCUT2D eigenvalue weighted by molar-refractivity contribution is 6.30. The van der Waals surface area contributed by atoms with Crippen molar-refractivity contribution in [3.63, 3.8) is 0 Å². The number of Topliss-reactive ketones (excluding diaryl/α,β-unsaturated/α-hetero) is 1. The minimum atomic E-state index is -0.749. The van der Waals surface area contributed by atoms with E-state index in [9.17, 15) is 18.4 Å². The highest BCUT2D eigenvalue weighted by Crippen LogP contribution is 2.27. The Kier molecular flexibility index (Phi) is 8.23. The topological polar surface area (TPSA) is 64.6 Å². The highest BCUT2D eigenvalue weighted by atomic mass is 35.5. The van der Waals surface area contributed by atoms with Crippen molar-refractivity contribution in [2.24, 2.45) is 5.92 Å². The quantitative estimate of drug-likeness (QED) is 0.599. The van der Waals surface area contributed by atoms with E-state index in [-0.39, 0.29) is 42.6 Å². The van der Waals surface area contributed by atoms with E-state index in [0.717, 1.165) is 43.9 Å². The Labute approximate surface area is 184 Å². The first kappa shape index (κ1) is 23.0. The van der Waals surface area contributed by atoms with Crippen LogP contribution in [0.15, 0.2) is 42.5 Å². The van der Waals surface area contributed by atoms with E-state index in [1.54, 1.807) is 24.3 Å². The fourth-order valence-electron chi connectivity index (χ4n) is 3.62. The number of carbonyl (C=O) groups excluding carboxylic acids is 2. The molecule has 31 heavy (non-hydrogen) atoms. The molecule has 0 atom stereocenters. The first-order chi connectivity index (χ1) is 14.9. The molecule has 0 heterocycles. The standard InChI is InChI=1S/C23H24ClF2NO4/c24-16-3-7-21(8-4-16)31-14-23(29)27-19-5-1-15(2-6-19)9-20(28)13-30-22-11-17(25)10-18(26)12-22/h3-4,7-8,10-12,15,19H,1-2,5-6,9,13-14H2,(H,27,29). The number of carbonyl (C=O) groups is 2. The van der Waals surface area contributed by atoms with Gasteiger partial charge in [-0.1, -0.05) is 11.6 Å². The predicted molar refractivity (Wildman–Crippen MR) is 112 cm³/mol. The molecule has 166 valence electrons. The summed E-state index contributed by atoms with van der Waals surface area (Å²) in [4.78, 5) is 24.2. The summed E-state index contributed by atoms with van der Waals surface area (Å²) in [5, 5.41) is 3.56. The van der Waals surface area contributed by atoms with E-state index < -0.39 is 11.6 Å². The van der Waals surface area contributed by atoms with Crippen LogP contribution in [0.4, 0.5) is 8.78 Å². The van der Waals surface area contributed by atoms with Gasteiger partial charge in [0, 0.05) is 35.7 Å². The molecule has 0 bridgehead atoms. The van der Waals surface area contributed by atoms with Crippen LogP contribution < -0.4 is 14.8 Å². The first-order valence-electron chi connectivity index (χ1n) is 10.2. The largest absolute Gasteiger partial charge is 0.486 e. The van der Waals surface area contributed by atoms with Crippen molar-refractivity contribution in [2.45, 2.75) is 38.1 Å². The monoisotopic (exact) mass is 451 g/mol. The third kappa shape index (κ3) is 7.83. The van der Waals surface area contributed by atoms with Gasteiger partial charge in [-0.15, -0.1) is 0 Å². The molecule has 1 aliphatic rings. The Bertz CT molecular complexity index is 879. The molecule has 3 rings (SSSR count). The van der Waals surface area contributed by atoms with Gasteiger partial charge < -0.3 is 14.8 Å². The second-order valence-corrected chi connectivity index (χ2v) is 8.10. The Balaban J connectivity index is 1.32. The van der Waals surface area contributed by atoms with Gasteiger partial charge in [-0.2, -0.15) is 0 Å². The van der Waals surface area contributed by atoms with Crippen LogP contribution in [-0.2, 0) is 9.59 Å². The second kappa shape index (κ2) is 11.1. The Hall–Kier alpha value is -2.67. The summed E-state index contributed by atoms with van der Waals surface area (Å²) >= 11 is 5.81. The van der Waals surface area contributed by atoms with Crippen molar-refractivity contribution >= 4 is 23.3 Å². The molecule has 1 fully saturated rings. The molecule has 1 saturated carbocycles. The normalized spacial score (nSPS) is 18.3. The molecule has 8 heteroatoms. The molecule has 5 nitrogen and oxygen atoms in total. The first-order valence-corrected chi connectivity index (χ1v) is 10.5. The van der Waals surface area contributed by atoms with Gasteiger partial charge in [0.1, 0.15) is 29.7 Å². The van der Waals surface area contributed by atoms with E-state index in [1.807, 2.05) is 0 Å². The van der Waals surface area contributed by atoms with Gasteiger partial charge in [-0.25, -0.2) is 8.78 Å². The molecular formula is C23H24ClF2NO4. The smallest absolute Gasteiger partial charge is 0.258 e. The lowest BCUT2D eigenvalue weighted by Crippen LogP contribution is -2.40. The lowest BCUT2D eigenvalue weighted by molar-refractivity contribution is -0.125. The summed E-state index contributed by atoms with van der Waals surface area (Å²) in [5.41, 5.74) is 0. The van der Waals surface area contributed by atoms with E-state index in [2.05, 4.69) is 5.32 Å². The SMILES string of the molecule is O=C(COc1cc(F)cc(F)c1)CC1CCC(NC(=O)COc2ccc(Cl)cc2)CC1. The van der Waals surface area contributed by atoms with Crippen LogP contribution in [-0.4, -0.2) is 30.9 Å². The number of halogens is 3. The van der Waals surface area contributed by atoms with Crippen molar-refractivity contribution in [2.75, 3.05) is 13.2 Å². The van der Waals surface area contributed by atoms with Crippen LogP contribution >= 0.6 is 11.6 Å². The zero-order chi connectivity index (χ0) is 22.2. The highest BCUT2D eigenvalue weighted by Gasteiger charge is 2.24. The van der Waals surface area contributed by atoms with Crippen LogP contribution in [0, 0.1) is 17.6 Å². The molecule has 2 aromatic rings. The Morgan fingerprint density at radius 3 is 2.16 bits per heavy atom. The molecule has 0 spiro atoms. The summed E-state index contributed by atoms with van der Waals surface area (Å²) in [6.07, 6.45) is 3.52. The van der Waals surface area contributed by atoms with Crippen molar-refractivity contribution in [3.8, 4) is 11.5 Å². The lowest BCUT2D eigenvalue weighted by Gasteiger charge is -2.28. The van der Waals surface area contributed by atoms with Gasteiger partial charge in [-0.3, -0.25) is 9.59 Å². The van der Waals surface area contributed by atoms with Gasteiger partial charge in [0.2, 0.25) is 0 Å². The summed E-state index contributed by atoms with van der Waals surface area (Å²) in [6, 6.07) is 9.67. The molecular weight excluding hydrogens is 428 g/mol. The Morgan fingerprint density at radius 2 is 1.52 bits per heavy atom. The fourth-order valence-corrected chi connectivity index (χ4v) is 3.74. The van der Waals surface area contributed by atoms with Crippen molar-refractivity contribution < 1.29 is 27.8 Å². The maximum Gasteiger partial charge on any atom is 0.258 e. The van der Waals surface area contributed by atoms with E-state index in [1.165, 1.54) is 0 Å². The lowest BCUT2D eigenvalue weighted by atomic mass is 9.83. The number of hydrogen-bond acceptors (Lipinski definition) is 4. The molecule has 2 aromatic carbocycles. The number of benzene rings is 2. The maximum absolute atomic E-state index is 13.2. The molecule has 1 amide bonds. The maximum atomic E-state index is 13.2. The number of amides is 1. The average molecular weight is 452 g/mol. The minimum absolute atomic E-state index is 0.00177. The Morgan fingerprint density at radius 1 is 0.903 bits per heavy atom. The molecule has 0 aliphatic heterocycles. The zero-order valence-electron chi connectivity index (χ0n) is 16.9. The van der Waals surface area contributed by atoms with Gasteiger partial charge in [0.05, 0.1) is 0 Å². The van der Waals surface area contributed by atoms with Gasteiger partial charge >= 0.3 is 0 Å². The molecule has 1 aliphatic carbocycles. The zero-order valence-corrected chi connectivity index (χ0v) is 17.7. The fraction of sp³-hybridized carbons (Fsp3) is 0.391. The molecule has 0 aromatic heterocycles. The van der Waals surface area contributed by atoms with Crippen LogP contribution in [0.25, 0.3) is 0 Å². The third-order valence-corrected chi connectivity index (χ3v) is 5.40. The van der Waals surface area contributed by atoms with E-state index in [4.69, 9.17) is 21.1 Å². The molecule has 0 radical (unpaired) electrons. The van der Waals surface area contributed by atoms with Gasteiger partial charge in [0.15, 0.2) is 12.4 Å². The summed E-state index contributed by atoms with van der Waals surface area (Å²) < 4.78 is 37.0. The van der Waals surface area contributed by atoms with Gasteiger partial charge in [0.25, 0.3) is 5.91 Å². The molecule has 0 unspecified atom stereocenters. The van der Waals surface area contributed by atoms with Crippen LogP contribution in [0.3, 0.4) is 0 Å². The number of ether oxygens (including phenoxy) is 2. The van der Waals surface area contributed by atoms with Crippen LogP contribution in [0.5, 0.6) is 11.5 Å². The van der Waals surface area contributed by atoms with Crippen molar-refractivity contribution in [1.82, 2.24) is 5.32 Å². The number of ketones is 1.